The van der Waals surface area contributed by atoms with Gasteiger partial charge >= 0.3 is 0 Å². The largest absolute Gasteiger partial charge is 0.303 e. The summed E-state index contributed by atoms with van der Waals surface area (Å²) in [6, 6.07) is 0. The van der Waals surface area contributed by atoms with Crippen molar-refractivity contribution in [1.29, 1.82) is 0 Å². The second-order valence-corrected chi connectivity index (χ2v) is 2.57. The minimum absolute atomic E-state index is 0.0293. The highest BCUT2D eigenvalue weighted by Gasteiger charge is 2.12. The smallest absolute Gasteiger partial charge is 0.128 e. The van der Waals surface area contributed by atoms with Crippen molar-refractivity contribution in [2.24, 2.45) is 5.92 Å². The van der Waals surface area contributed by atoms with Crippen molar-refractivity contribution in [2.45, 2.75) is 5.25 Å². The molecule has 1 aliphatic carbocycles. The molecule has 2 heteroatoms. The van der Waals surface area contributed by atoms with E-state index < -0.39 is 0 Å². The van der Waals surface area contributed by atoms with Gasteiger partial charge in [0.25, 0.3) is 0 Å². The topological polar surface area (TPSA) is 17.1 Å². The molecule has 48 valence electrons. The van der Waals surface area contributed by atoms with Crippen molar-refractivity contribution in [3.63, 3.8) is 0 Å². The van der Waals surface area contributed by atoms with Crippen molar-refractivity contribution in [3.05, 3.63) is 24.3 Å². The van der Waals surface area contributed by atoms with Crippen LogP contribution in [0.15, 0.2) is 24.3 Å². The van der Waals surface area contributed by atoms with E-state index in [4.69, 9.17) is 0 Å². The lowest BCUT2D eigenvalue weighted by Gasteiger charge is -2.11. The van der Waals surface area contributed by atoms with Crippen LogP contribution < -0.4 is 0 Å². The van der Waals surface area contributed by atoms with Crippen LogP contribution in [0.1, 0.15) is 0 Å². The average Bonchev–Trinajstić information content (AvgIpc) is 1.89. The highest BCUT2D eigenvalue weighted by atomic mass is 32.1. The van der Waals surface area contributed by atoms with Gasteiger partial charge < -0.3 is 4.79 Å². The molecule has 0 saturated carbocycles. The monoisotopic (exact) mass is 140 g/mol. The van der Waals surface area contributed by atoms with E-state index in [-0.39, 0.29) is 11.2 Å². The van der Waals surface area contributed by atoms with Gasteiger partial charge in [-0.3, -0.25) is 0 Å². The fourth-order valence-corrected chi connectivity index (χ4v) is 1.01. The Hall–Kier alpha value is -0.500. The van der Waals surface area contributed by atoms with Crippen LogP contribution in [-0.4, -0.2) is 11.5 Å². The van der Waals surface area contributed by atoms with Gasteiger partial charge in [-0.15, -0.1) is 0 Å². The van der Waals surface area contributed by atoms with E-state index in [1.54, 1.807) is 0 Å². The number of allylic oxidation sites excluding steroid dienone is 3. The van der Waals surface area contributed by atoms with Crippen molar-refractivity contribution < 1.29 is 4.79 Å². The van der Waals surface area contributed by atoms with Crippen LogP contribution in [0.25, 0.3) is 0 Å². The third-order valence-corrected chi connectivity index (χ3v) is 1.82. The van der Waals surface area contributed by atoms with Gasteiger partial charge in [0, 0.05) is 11.2 Å². The maximum Gasteiger partial charge on any atom is 0.128 e. The van der Waals surface area contributed by atoms with Crippen LogP contribution >= 0.6 is 12.6 Å². The van der Waals surface area contributed by atoms with Crippen LogP contribution in [0.5, 0.6) is 0 Å². The zero-order valence-electron chi connectivity index (χ0n) is 4.90. The Bertz CT molecular complexity index is 160. The normalized spacial score (nSPS) is 32.6. The molecular formula is C7H8OS. The van der Waals surface area contributed by atoms with Crippen molar-refractivity contribution in [3.8, 4) is 0 Å². The third kappa shape index (κ3) is 1.45. The minimum Gasteiger partial charge on any atom is -0.303 e. The molecule has 0 aromatic carbocycles. The lowest BCUT2D eigenvalue weighted by molar-refractivity contribution is -0.109. The van der Waals surface area contributed by atoms with E-state index in [2.05, 4.69) is 12.6 Å². The average molecular weight is 140 g/mol. The zero-order valence-corrected chi connectivity index (χ0v) is 5.79. The Morgan fingerprint density at radius 1 is 1.33 bits per heavy atom. The molecule has 2 atom stereocenters. The summed E-state index contributed by atoms with van der Waals surface area (Å²) < 4.78 is 0. The number of thiol groups is 1. The molecule has 1 aliphatic rings. The van der Waals surface area contributed by atoms with Crippen molar-refractivity contribution in [2.75, 3.05) is 0 Å². The van der Waals surface area contributed by atoms with E-state index in [1.165, 1.54) is 0 Å². The van der Waals surface area contributed by atoms with Crippen LogP contribution in [0.3, 0.4) is 0 Å². The molecule has 0 radical (unpaired) electrons. The van der Waals surface area contributed by atoms with Gasteiger partial charge in [0.05, 0.1) is 0 Å². The van der Waals surface area contributed by atoms with Crippen molar-refractivity contribution in [1.82, 2.24) is 0 Å². The molecule has 0 aromatic heterocycles. The Kier molecular flexibility index (Phi) is 2.11. The van der Waals surface area contributed by atoms with E-state index in [1.807, 2.05) is 24.3 Å². The number of rotatable bonds is 1. The summed E-state index contributed by atoms with van der Waals surface area (Å²) >= 11 is 4.17. The Balaban J connectivity index is 2.65. The Morgan fingerprint density at radius 3 is 2.44 bits per heavy atom. The van der Waals surface area contributed by atoms with Gasteiger partial charge in [0.1, 0.15) is 6.29 Å². The number of hydrogen-bond acceptors (Lipinski definition) is 2. The molecule has 9 heavy (non-hydrogen) atoms. The highest BCUT2D eigenvalue weighted by Crippen LogP contribution is 2.14. The molecule has 0 saturated heterocycles. The number of hydrogen-bond donors (Lipinski definition) is 1. The van der Waals surface area contributed by atoms with Gasteiger partial charge in [-0.25, -0.2) is 0 Å². The fourth-order valence-electron chi connectivity index (χ4n) is 0.738. The third-order valence-electron chi connectivity index (χ3n) is 1.30. The zero-order chi connectivity index (χ0) is 6.69. The molecule has 2 unspecified atom stereocenters. The van der Waals surface area contributed by atoms with Gasteiger partial charge in [0.15, 0.2) is 0 Å². The molecule has 0 amide bonds. The molecule has 1 rings (SSSR count). The number of aldehydes is 1. The molecular weight excluding hydrogens is 132 g/mol. The second-order valence-electron chi connectivity index (χ2n) is 1.97. The predicted molar refractivity (Wildman–Crippen MR) is 40.6 cm³/mol. The molecule has 0 heterocycles. The first-order chi connectivity index (χ1) is 4.34. The highest BCUT2D eigenvalue weighted by molar-refractivity contribution is 7.81. The van der Waals surface area contributed by atoms with Crippen molar-refractivity contribution >= 4 is 18.9 Å². The summed E-state index contributed by atoms with van der Waals surface area (Å²) in [5.74, 6) is -0.0293. The first-order valence-electron chi connectivity index (χ1n) is 2.83. The fraction of sp³-hybridized carbons (Fsp3) is 0.286. The first-order valence-corrected chi connectivity index (χ1v) is 3.34. The standard InChI is InChI=1S/C7H8OS/c8-5-6-3-1-2-4-7(6)9/h1-7,9H. The summed E-state index contributed by atoms with van der Waals surface area (Å²) in [6.07, 6.45) is 8.44. The quantitative estimate of drug-likeness (QED) is 0.428. The SMILES string of the molecule is O=CC1C=CC=CC1S. The van der Waals surface area contributed by atoms with Crippen LogP contribution in [0.4, 0.5) is 0 Å². The predicted octanol–water partition coefficient (Wildman–Crippen LogP) is 1.23. The van der Waals surface area contributed by atoms with Crippen LogP contribution in [0, 0.1) is 5.92 Å². The maximum absolute atomic E-state index is 10.2. The summed E-state index contributed by atoms with van der Waals surface area (Å²) in [5, 5.41) is 0.0764. The van der Waals surface area contributed by atoms with Crippen LogP contribution in [0.2, 0.25) is 0 Å². The molecule has 1 nitrogen and oxygen atoms in total. The molecule has 0 fully saturated rings. The number of carbonyl (C=O) groups excluding carboxylic acids is 1. The first kappa shape index (κ1) is 6.62. The molecule has 0 spiro atoms. The molecule has 0 aliphatic heterocycles. The van der Waals surface area contributed by atoms with Crippen LogP contribution in [-0.2, 0) is 4.79 Å². The van der Waals surface area contributed by atoms with Gasteiger partial charge in [-0.1, -0.05) is 24.3 Å². The molecule has 0 N–H and O–H groups in total. The Labute approximate surface area is 59.9 Å². The lowest BCUT2D eigenvalue weighted by atomic mass is 10.0. The summed E-state index contributed by atoms with van der Waals surface area (Å²) in [4.78, 5) is 10.2. The lowest BCUT2D eigenvalue weighted by Crippen LogP contribution is -2.12. The maximum atomic E-state index is 10.2. The Morgan fingerprint density at radius 2 is 2.00 bits per heavy atom. The summed E-state index contributed by atoms with van der Waals surface area (Å²) in [7, 11) is 0. The summed E-state index contributed by atoms with van der Waals surface area (Å²) in [6.45, 7) is 0. The van der Waals surface area contributed by atoms with E-state index in [9.17, 15) is 4.79 Å². The molecule has 0 aromatic rings. The summed E-state index contributed by atoms with van der Waals surface area (Å²) in [5.41, 5.74) is 0. The van der Waals surface area contributed by atoms with E-state index >= 15 is 0 Å². The molecule has 0 bridgehead atoms. The van der Waals surface area contributed by atoms with E-state index in [0.29, 0.717) is 0 Å². The second kappa shape index (κ2) is 2.87. The van der Waals surface area contributed by atoms with Gasteiger partial charge in [0.2, 0.25) is 0 Å². The minimum atomic E-state index is -0.0293. The number of carbonyl (C=O) groups is 1. The van der Waals surface area contributed by atoms with Gasteiger partial charge in [-0.05, 0) is 0 Å². The van der Waals surface area contributed by atoms with E-state index in [0.717, 1.165) is 6.29 Å². The van der Waals surface area contributed by atoms with Gasteiger partial charge in [-0.2, -0.15) is 12.6 Å².